The van der Waals surface area contributed by atoms with Crippen molar-refractivity contribution in [1.82, 2.24) is 0 Å². The number of benzene rings is 1. The highest BCUT2D eigenvalue weighted by molar-refractivity contribution is 7.94. The molecule has 0 atom stereocenters. The van der Waals surface area contributed by atoms with E-state index in [2.05, 4.69) is 12.6 Å². The van der Waals surface area contributed by atoms with Gasteiger partial charge in [0.05, 0.1) is 24.7 Å². The molecule has 2 aromatic rings. The van der Waals surface area contributed by atoms with Crippen LogP contribution in [-0.2, 0) is 16.4 Å². The van der Waals surface area contributed by atoms with E-state index < -0.39 is 10.0 Å². The summed E-state index contributed by atoms with van der Waals surface area (Å²) in [5.74, 6) is 0. The Bertz CT molecular complexity index is 742. The molecule has 0 unspecified atom stereocenters. The summed E-state index contributed by atoms with van der Waals surface area (Å²) in [6, 6.07) is 12.3. The average molecular weight is 318 g/mol. The minimum Gasteiger partial charge on any atom is -0.262 e. The fourth-order valence-corrected chi connectivity index (χ4v) is 4.39. The van der Waals surface area contributed by atoms with Crippen molar-refractivity contribution < 1.29 is 8.42 Å². The zero-order chi connectivity index (χ0) is 15.3. The molecule has 0 saturated carbocycles. The van der Waals surface area contributed by atoms with Gasteiger partial charge in [-0.15, -0.1) is 17.9 Å². The second-order valence-electron chi connectivity index (χ2n) is 4.26. The van der Waals surface area contributed by atoms with Gasteiger partial charge in [-0.05, 0) is 29.1 Å². The fourth-order valence-electron chi connectivity index (χ4n) is 1.85. The highest BCUT2D eigenvalue weighted by Crippen LogP contribution is 2.26. The van der Waals surface area contributed by atoms with Crippen molar-refractivity contribution in [1.29, 1.82) is 5.26 Å². The molecule has 0 aliphatic carbocycles. The molecule has 1 heterocycles. The molecular weight excluding hydrogens is 304 g/mol. The first-order valence-corrected chi connectivity index (χ1v) is 8.54. The monoisotopic (exact) mass is 318 g/mol. The molecular formula is C15H14N2O2S2. The van der Waals surface area contributed by atoms with Crippen molar-refractivity contribution in [2.45, 2.75) is 10.6 Å². The summed E-state index contributed by atoms with van der Waals surface area (Å²) >= 11 is 1.18. The highest BCUT2D eigenvalue weighted by atomic mass is 32.2. The summed E-state index contributed by atoms with van der Waals surface area (Å²) in [5, 5.41) is 10.4. The summed E-state index contributed by atoms with van der Waals surface area (Å²) in [5.41, 5.74) is 1.42. The first-order valence-electron chi connectivity index (χ1n) is 6.22. The predicted molar refractivity (Wildman–Crippen MR) is 84.8 cm³/mol. The molecule has 0 aliphatic rings. The Morgan fingerprint density at radius 2 is 2.00 bits per heavy atom. The van der Waals surface area contributed by atoms with Crippen molar-refractivity contribution in [2.24, 2.45) is 0 Å². The van der Waals surface area contributed by atoms with E-state index in [1.165, 1.54) is 15.6 Å². The molecule has 6 heteroatoms. The van der Waals surface area contributed by atoms with Crippen LogP contribution < -0.4 is 4.31 Å². The minimum atomic E-state index is -3.58. The van der Waals surface area contributed by atoms with Gasteiger partial charge in [0.25, 0.3) is 10.0 Å². The number of nitrogens with zero attached hydrogens (tertiary/aromatic N) is 2. The van der Waals surface area contributed by atoms with E-state index in [-0.39, 0.29) is 6.54 Å². The van der Waals surface area contributed by atoms with Crippen molar-refractivity contribution >= 4 is 27.0 Å². The first kappa shape index (κ1) is 15.3. The van der Waals surface area contributed by atoms with Crippen LogP contribution in [0.3, 0.4) is 0 Å². The van der Waals surface area contributed by atoms with E-state index in [0.29, 0.717) is 16.3 Å². The summed E-state index contributed by atoms with van der Waals surface area (Å²) < 4.78 is 26.9. The predicted octanol–water partition coefficient (Wildman–Crippen LogP) is 3.20. The van der Waals surface area contributed by atoms with E-state index in [1.807, 2.05) is 0 Å². The maximum absolute atomic E-state index is 12.6. The van der Waals surface area contributed by atoms with Crippen LogP contribution in [0.15, 0.2) is 58.6 Å². The third kappa shape index (κ3) is 3.32. The summed E-state index contributed by atoms with van der Waals surface area (Å²) in [4.78, 5) is 0. The smallest absolute Gasteiger partial charge is 0.262 e. The molecule has 21 heavy (non-hydrogen) atoms. The molecule has 1 aromatic carbocycles. The van der Waals surface area contributed by atoms with Gasteiger partial charge in [-0.1, -0.05) is 24.3 Å². The van der Waals surface area contributed by atoms with E-state index in [1.54, 1.807) is 47.9 Å². The summed E-state index contributed by atoms with van der Waals surface area (Å²) in [6.45, 7) is 3.81. The molecule has 0 saturated heterocycles. The Labute approximate surface area is 128 Å². The van der Waals surface area contributed by atoms with Crippen molar-refractivity contribution in [3.63, 3.8) is 0 Å². The lowest BCUT2D eigenvalue weighted by Crippen LogP contribution is -2.30. The Morgan fingerprint density at radius 3 is 2.52 bits per heavy atom. The second kappa shape index (κ2) is 6.57. The Morgan fingerprint density at radius 1 is 1.29 bits per heavy atom. The Kier molecular flexibility index (Phi) is 4.78. The lowest BCUT2D eigenvalue weighted by Gasteiger charge is -2.22. The molecule has 0 N–H and O–H groups in total. The number of thiophene rings is 1. The van der Waals surface area contributed by atoms with Crippen molar-refractivity contribution in [3.8, 4) is 6.07 Å². The van der Waals surface area contributed by atoms with Crippen LogP contribution in [-0.4, -0.2) is 15.0 Å². The van der Waals surface area contributed by atoms with E-state index >= 15 is 0 Å². The number of nitriles is 1. The second-order valence-corrected chi connectivity index (χ2v) is 7.30. The topological polar surface area (TPSA) is 61.2 Å². The lowest BCUT2D eigenvalue weighted by molar-refractivity contribution is 0.595. The van der Waals surface area contributed by atoms with E-state index in [4.69, 9.17) is 5.26 Å². The maximum Gasteiger partial charge on any atom is 0.274 e. The van der Waals surface area contributed by atoms with Gasteiger partial charge in [-0.2, -0.15) is 5.26 Å². The Hall–Kier alpha value is -2.10. The molecule has 2 rings (SSSR count). The van der Waals surface area contributed by atoms with Crippen molar-refractivity contribution in [2.75, 3.05) is 10.8 Å². The summed E-state index contributed by atoms with van der Waals surface area (Å²) in [6.07, 6.45) is 1.85. The molecule has 0 spiro atoms. The van der Waals surface area contributed by atoms with E-state index in [9.17, 15) is 8.42 Å². The van der Waals surface area contributed by atoms with Crippen LogP contribution in [0.1, 0.15) is 5.56 Å². The number of anilines is 1. The van der Waals surface area contributed by atoms with Crippen LogP contribution in [0.2, 0.25) is 0 Å². The number of rotatable bonds is 6. The average Bonchev–Trinajstić information content (AvgIpc) is 3.01. The lowest BCUT2D eigenvalue weighted by atomic mass is 10.1. The standard InChI is InChI=1S/C15H14N2O2S2/c1-2-11-17(21(18,19)15-4-3-12-20-15)14-7-5-13(6-8-14)9-10-16/h2-8,12H,1,9,11H2. The van der Waals surface area contributed by atoms with E-state index in [0.717, 1.165) is 5.56 Å². The van der Waals surface area contributed by atoms with Crippen LogP contribution in [0.5, 0.6) is 0 Å². The minimum absolute atomic E-state index is 0.192. The van der Waals surface area contributed by atoms with Crippen LogP contribution >= 0.6 is 11.3 Å². The third-order valence-corrected chi connectivity index (χ3v) is 6.01. The van der Waals surface area contributed by atoms with Crippen molar-refractivity contribution in [3.05, 3.63) is 60.0 Å². The SMILES string of the molecule is C=CCN(c1ccc(CC#N)cc1)S(=O)(=O)c1cccs1. The first-order chi connectivity index (χ1) is 10.1. The maximum atomic E-state index is 12.6. The molecule has 0 aliphatic heterocycles. The zero-order valence-electron chi connectivity index (χ0n) is 11.3. The van der Waals surface area contributed by atoms with Gasteiger partial charge < -0.3 is 0 Å². The van der Waals surface area contributed by atoms with Gasteiger partial charge in [0.2, 0.25) is 0 Å². The highest BCUT2D eigenvalue weighted by Gasteiger charge is 2.24. The van der Waals surface area contributed by atoms with Gasteiger partial charge in [0, 0.05) is 0 Å². The quantitative estimate of drug-likeness (QED) is 0.768. The van der Waals surface area contributed by atoms with Gasteiger partial charge >= 0.3 is 0 Å². The largest absolute Gasteiger partial charge is 0.274 e. The Balaban J connectivity index is 2.40. The fraction of sp³-hybridized carbons (Fsp3) is 0.133. The van der Waals surface area contributed by atoms with Gasteiger partial charge in [-0.25, -0.2) is 8.42 Å². The molecule has 1 aromatic heterocycles. The number of sulfonamides is 1. The van der Waals surface area contributed by atoms with Crippen LogP contribution in [0.4, 0.5) is 5.69 Å². The number of hydrogen-bond donors (Lipinski definition) is 0. The van der Waals surface area contributed by atoms with Gasteiger partial charge in [0.15, 0.2) is 0 Å². The van der Waals surface area contributed by atoms with Crippen LogP contribution in [0, 0.1) is 11.3 Å². The van der Waals surface area contributed by atoms with Gasteiger partial charge in [0.1, 0.15) is 4.21 Å². The normalized spacial score (nSPS) is 10.8. The molecule has 0 fully saturated rings. The summed E-state index contributed by atoms with van der Waals surface area (Å²) in [7, 11) is -3.58. The third-order valence-electron chi connectivity index (χ3n) is 2.84. The molecule has 0 radical (unpaired) electrons. The molecule has 0 bridgehead atoms. The molecule has 108 valence electrons. The van der Waals surface area contributed by atoms with Crippen LogP contribution in [0.25, 0.3) is 0 Å². The number of hydrogen-bond acceptors (Lipinski definition) is 4. The zero-order valence-corrected chi connectivity index (χ0v) is 12.9. The molecule has 4 nitrogen and oxygen atoms in total. The van der Waals surface area contributed by atoms with Gasteiger partial charge in [-0.3, -0.25) is 4.31 Å². The molecule has 0 amide bonds.